The fourth-order valence-electron chi connectivity index (χ4n) is 1.24. The van der Waals surface area contributed by atoms with Crippen LogP contribution in [0.15, 0.2) is 18.2 Å². The summed E-state index contributed by atoms with van der Waals surface area (Å²) in [5, 5.41) is 3.14. The Labute approximate surface area is 96.8 Å². The second-order valence-electron chi connectivity index (χ2n) is 3.15. The molecule has 0 spiro atoms. The first-order valence-electron chi connectivity index (χ1n) is 5.23. The average molecular weight is 219 g/mol. The van der Waals surface area contributed by atoms with Gasteiger partial charge in [0, 0.05) is 0 Å². The number of ether oxygens (including phenoxy) is 2. The Hall–Kier alpha value is -1.66. The van der Waals surface area contributed by atoms with Gasteiger partial charge in [0.25, 0.3) is 0 Å². The first kappa shape index (κ1) is 12.4. The van der Waals surface area contributed by atoms with Crippen molar-refractivity contribution in [1.82, 2.24) is 5.32 Å². The van der Waals surface area contributed by atoms with Gasteiger partial charge in [0.15, 0.2) is 0 Å². The highest BCUT2D eigenvalue weighted by Crippen LogP contribution is 2.22. The summed E-state index contributed by atoms with van der Waals surface area (Å²) < 4.78 is 10.4. The highest BCUT2D eigenvalue weighted by atomic mass is 16.5. The van der Waals surface area contributed by atoms with E-state index in [1.54, 1.807) is 14.2 Å². The maximum Gasteiger partial charge on any atom is 0.134 e. The van der Waals surface area contributed by atoms with Crippen LogP contribution in [0.5, 0.6) is 11.5 Å². The van der Waals surface area contributed by atoms with Gasteiger partial charge in [-0.2, -0.15) is 0 Å². The van der Waals surface area contributed by atoms with Gasteiger partial charge in [-0.1, -0.05) is 18.8 Å². The van der Waals surface area contributed by atoms with Crippen LogP contribution in [0.3, 0.4) is 0 Å². The zero-order valence-electron chi connectivity index (χ0n) is 9.96. The Morgan fingerprint density at radius 2 is 2.06 bits per heavy atom. The fourth-order valence-corrected chi connectivity index (χ4v) is 1.24. The summed E-state index contributed by atoms with van der Waals surface area (Å²) >= 11 is 0. The van der Waals surface area contributed by atoms with Gasteiger partial charge in [-0.15, -0.1) is 0 Å². The molecular weight excluding hydrogens is 202 g/mol. The minimum absolute atomic E-state index is 0.677. The van der Waals surface area contributed by atoms with Crippen molar-refractivity contribution < 1.29 is 9.47 Å². The topological polar surface area (TPSA) is 30.5 Å². The number of rotatable bonds is 4. The van der Waals surface area contributed by atoms with Crippen LogP contribution in [0, 0.1) is 11.8 Å². The lowest BCUT2D eigenvalue weighted by Gasteiger charge is -2.05. The smallest absolute Gasteiger partial charge is 0.134 e. The minimum Gasteiger partial charge on any atom is -0.497 e. The van der Waals surface area contributed by atoms with E-state index in [4.69, 9.17) is 9.47 Å². The molecule has 0 aliphatic heterocycles. The zero-order chi connectivity index (χ0) is 11.8. The summed E-state index contributed by atoms with van der Waals surface area (Å²) in [6, 6.07) is 5.59. The van der Waals surface area contributed by atoms with Crippen LogP contribution in [0.2, 0.25) is 0 Å². The molecule has 1 aromatic rings. The molecule has 1 aromatic carbocycles. The summed E-state index contributed by atoms with van der Waals surface area (Å²) in [5.74, 6) is 7.64. The van der Waals surface area contributed by atoms with E-state index in [2.05, 4.69) is 17.2 Å². The molecule has 0 atom stereocenters. The third-order valence-corrected chi connectivity index (χ3v) is 2.09. The molecule has 86 valence electrons. The van der Waals surface area contributed by atoms with E-state index in [-0.39, 0.29) is 0 Å². The molecular formula is C13H17NO2. The second-order valence-corrected chi connectivity index (χ2v) is 3.15. The van der Waals surface area contributed by atoms with Crippen LogP contribution in [-0.4, -0.2) is 27.3 Å². The monoisotopic (exact) mass is 219 g/mol. The molecule has 0 amide bonds. The van der Waals surface area contributed by atoms with Crippen molar-refractivity contribution >= 4 is 0 Å². The lowest BCUT2D eigenvalue weighted by molar-refractivity contribution is 0.402. The van der Waals surface area contributed by atoms with Gasteiger partial charge in [0.05, 0.1) is 26.3 Å². The second kappa shape index (κ2) is 6.76. The third kappa shape index (κ3) is 3.48. The van der Waals surface area contributed by atoms with Crippen molar-refractivity contribution in [2.75, 3.05) is 27.3 Å². The summed E-state index contributed by atoms with van der Waals surface area (Å²) in [4.78, 5) is 0. The quantitative estimate of drug-likeness (QED) is 0.617. The molecule has 0 unspecified atom stereocenters. The molecule has 0 aliphatic rings. The maximum absolute atomic E-state index is 5.22. The van der Waals surface area contributed by atoms with Gasteiger partial charge >= 0.3 is 0 Å². The Morgan fingerprint density at radius 3 is 2.69 bits per heavy atom. The predicted octanol–water partition coefficient (Wildman–Crippen LogP) is 1.66. The SMILES string of the molecule is CCNCC#Cc1cc(OC)ccc1OC. The molecule has 16 heavy (non-hydrogen) atoms. The summed E-state index contributed by atoms with van der Waals surface area (Å²) in [5.41, 5.74) is 0.847. The van der Waals surface area contributed by atoms with E-state index in [9.17, 15) is 0 Å². The molecule has 0 aromatic heterocycles. The maximum atomic E-state index is 5.22. The predicted molar refractivity (Wildman–Crippen MR) is 65.0 cm³/mol. The van der Waals surface area contributed by atoms with E-state index >= 15 is 0 Å². The number of benzene rings is 1. The van der Waals surface area contributed by atoms with Crippen LogP contribution < -0.4 is 14.8 Å². The number of hydrogen-bond donors (Lipinski definition) is 1. The Morgan fingerprint density at radius 1 is 1.25 bits per heavy atom. The third-order valence-electron chi connectivity index (χ3n) is 2.09. The van der Waals surface area contributed by atoms with Crippen molar-refractivity contribution in [3.05, 3.63) is 23.8 Å². The van der Waals surface area contributed by atoms with Crippen LogP contribution in [0.25, 0.3) is 0 Å². The lowest BCUT2D eigenvalue weighted by Crippen LogP contribution is -2.11. The van der Waals surface area contributed by atoms with E-state index in [0.717, 1.165) is 23.6 Å². The van der Waals surface area contributed by atoms with Gasteiger partial charge < -0.3 is 14.8 Å². The molecule has 0 heterocycles. The first-order chi connectivity index (χ1) is 7.81. The van der Waals surface area contributed by atoms with Crippen molar-refractivity contribution in [1.29, 1.82) is 0 Å². The van der Waals surface area contributed by atoms with E-state index in [0.29, 0.717) is 6.54 Å². The van der Waals surface area contributed by atoms with E-state index < -0.39 is 0 Å². The normalized spacial score (nSPS) is 9.19. The molecule has 0 aliphatic carbocycles. The van der Waals surface area contributed by atoms with Gasteiger partial charge in [-0.05, 0) is 24.7 Å². The first-order valence-corrected chi connectivity index (χ1v) is 5.23. The molecule has 0 saturated heterocycles. The van der Waals surface area contributed by atoms with Crippen molar-refractivity contribution in [3.63, 3.8) is 0 Å². The van der Waals surface area contributed by atoms with Gasteiger partial charge in [0.2, 0.25) is 0 Å². The fraction of sp³-hybridized carbons (Fsp3) is 0.385. The van der Waals surface area contributed by atoms with Crippen molar-refractivity contribution in [2.24, 2.45) is 0 Å². The van der Waals surface area contributed by atoms with E-state index in [1.165, 1.54) is 0 Å². The molecule has 3 heteroatoms. The minimum atomic E-state index is 0.677. The molecule has 0 radical (unpaired) electrons. The molecule has 0 fully saturated rings. The summed E-state index contributed by atoms with van der Waals surface area (Å²) in [6.45, 7) is 3.65. The molecule has 0 bridgehead atoms. The van der Waals surface area contributed by atoms with Crippen molar-refractivity contribution in [3.8, 4) is 23.3 Å². The standard InChI is InChI=1S/C13H17NO2/c1-4-14-9-5-6-11-10-12(15-2)7-8-13(11)16-3/h7-8,10,14H,4,9H2,1-3H3. The molecule has 1 N–H and O–H groups in total. The van der Waals surface area contributed by atoms with Crippen LogP contribution in [0.4, 0.5) is 0 Å². The number of methoxy groups -OCH3 is 2. The Balaban J connectivity index is 2.85. The summed E-state index contributed by atoms with van der Waals surface area (Å²) in [7, 11) is 3.27. The summed E-state index contributed by atoms with van der Waals surface area (Å²) in [6.07, 6.45) is 0. The van der Waals surface area contributed by atoms with Gasteiger partial charge in [-0.3, -0.25) is 0 Å². The highest BCUT2D eigenvalue weighted by molar-refractivity contribution is 5.50. The lowest BCUT2D eigenvalue weighted by atomic mass is 10.2. The van der Waals surface area contributed by atoms with E-state index in [1.807, 2.05) is 25.1 Å². The van der Waals surface area contributed by atoms with Crippen LogP contribution in [0.1, 0.15) is 12.5 Å². The number of hydrogen-bond acceptors (Lipinski definition) is 3. The Kier molecular flexibility index (Phi) is 5.24. The van der Waals surface area contributed by atoms with Crippen LogP contribution in [-0.2, 0) is 0 Å². The largest absolute Gasteiger partial charge is 0.497 e. The van der Waals surface area contributed by atoms with Crippen molar-refractivity contribution in [2.45, 2.75) is 6.92 Å². The molecule has 3 nitrogen and oxygen atoms in total. The van der Waals surface area contributed by atoms with Crippen LogP contribution >= 0.6 is 0 Å². The van der Waals surface area contributed by atoms with Gasteiger partial charge in [-0.25, -0.2) is 0 Å². The average Bonchev–Trinajstić information content (AvgIpc) is 2.34. The highest BCUT2D eigenvalue weighted by Gasteiger charge is 2.01. The molecule has 1 rings (SSSR count). The Bertz CT molecular complexity index is 391. The molecule has 0 saturated carbocycles. The zero-order valence-corrected chi connectivity index (χ0v) is 9.96. The van der Waals surface area contributed by atoms with Gasteiger partial charge in [0.1, 0.15) is 11.5 Å². The number of nitrogens with one attached hydrogen (secondary N) is 1.